The Morgan fingerprint density at radius 3 is 2.46 bits per heavy atom. The highest BCUT2D eigenvalue weighted by Crippen LogP contribution is 2.18. The number of hydrogen-bond acceptors (Lipinski definition) is 6. The molecule has 3 aromatic rings. The van der Waals surface area contributed by atoms with Crippen LogP contribution in [0.5, 0.6) is 0 Å². The van der Waals surface area contributed by atoms with Crippen LogP contribution in [0.3, 0.4) is 0 Å². The first kappa shape index (κ1) is 18.0. The fraction of sp³-hybridized carbons (Fsp3) is 0.227. The van der Waals surface area contributed by atoms with Crippen LogP contribution in [0.15, 0.2) is 66.9 Å². The van der Waals surface area contributed by atoms with Crippen molar-refractivity contribution in [3.63, 3.8) is 0 Å². The smallest absolute Gasteiger partial charge is 0.142 e. The summed E-state index contributed by atoms with van der Waals surface area (Å²) in [6, 6.07) is 21.9. The van der Waals surface area contributed by atoms with Crippen LogP contribution in [-0.4, -0.2) is 41.0 Å². The van der Waals surface area contributed by atoms with Crippen LogP contribution in [0.1, 0.15) is 11.3 Å². The van der Waals surface area contributed by atoms with Crippen molar-refractivity contribution in [1.82, 2.24) is 14.9 Å². The molecule has 0 saturated carbocycles. The van der Waals surface area contributed by atoms with E-state index in [2.05, 4.69) is 61.5 Å². The maximum atomic E-state index is 8.95. The van der Waals surface area contributed by atoms with Gasteiger partial charge in [0.05, 0.1) is 0 Å². The van der Waals surface area contributed by atoms with Gasteiger partial charge in [0.25, 0.3) is 0 Å². The molecule has 0 unspecified atom stereocenters. The zero-order valence-electron chi connectivity index (χ0n) is 15.6. The minimum Gasteiger partial charge on any atom is -0.354 e. The summed E-state index contributed by atoms with van der Waals surface area (Å²) in [6.45, 7) is 5.00. The summed E-state index contributed by atoms with van der Waals surface area (Å²) >= 11 is 0. The van der Waals surface area contributed by atoms with Crippen molar-refractivity contribution < 1.29 is 0 Å². The number of nitriles is 1. The van der Waals surface area contributed by atoms with Gasteiger partial charge in [0.15, 0.2) is 0 Å². The fourth-order valence-electron chi connectivity index (χ4n) is 3.34. The molecule has 1 fully saturated rings. The van der Waals surface area contributed by atoms with Gasteiger partial charge >= 0.3 is 0 Å². The van der Waals surface area contributed by atoms with Crippen LogP contribution in [0, 0.1) is 11.3 Å². The van der Waals surface area contributed by atoms with E-state index in [0.717, 1.165) is 44.2 Å². The Kier molecular flexibility index (Phi) is 5.46. The Morgan fingerprint density at radius 1 is 0.929 bits per heavy atom. The first-order valence-electron chi connectivity index (χ1n) is 9.41. The molecule has 1 saturated heterocycles. The van der Waals surface area contributed by atoms with Crippen molar-refractivity contribution in [2.45, 2.75) is 6.54 Å². The van der Waals surface area contributed by atoms with Crippen LogP contribution in [0.4, 0.5) is 17.3 Å². The van der Waals surface area contributed by atoms with E-state index in [1.54, 1.807) is 6.07 Å². The minimum absolute atomic E-state index is 0.409. The molecule has 1 aliphatic rings. The quantitative estimate of drug-likeness (QED) is 0.742. The average Bonchev–Trinajstić information content (AvgIpc) is 2.76. The highest BCUT2D eigenvalue weighted by atomic mass is 15.3. The summed E-state index contributed by atoms with van der Waals surface area (Å²) in [4.78, 5) is 13.5. The number of aromatic nitrogens is 2. The number of nitrogens with zero attached hydrogens (tertiary/aromatic N) is 5. The maximum absolute atomic E-state index is 8.95. The third-order valence-corrected chi connectivity index (χ3v) is 4.84. The molecule has 0 aliphatic carbocycles. The lowest BCUT2D eigenvalue weighted by Crippen LogP contribution is -2.46. The zero-order chi connectivity index (χ0) is 19.2. The number of pyridine rings is 2. The van der Waals surface area contributed by atoms with Gasteiger partial charge in [-0.2, -0.15) is 5.26 Å². The molecule has 28 heavy (non-hydrogen) atoms. The van der Waals surface area contributed by atoms with Crippen molar-refractivity contribution in [1.29, 1.82) is 5.26 Å². The summed E-state index contributed by atoms with van der Waals surface area (Å²) in [6.07, 6.45) is 1.85. The summed E-state index contributed by atoms with van der Waals surface area (Å²) < 4.78 is 0. The van der Waals surface area contributed by atoms with Crippen LogP contribution in [-0.2, 0) is 6.54 Å². The van der Waals surface area contributed by atoms with Crippen LogP contribution in [0.2, 0.25) is 0 Å². The molecule has 0 radical (unpaired) electrons. The molecule has 0 atom stereocenters. The van der Waals surface area contributed by atoms with Gasteiger partial charge in [-0.25, -0.2) is 9.97 Å². The van der Waals surface area contributed by atoms with E-state index in [0.29, 0.717) is 11.5 Å². The third-order valence-electron chi connectivity index (χ3n) is 4.84. The van der Waals surface area contributed by atoms with Gasteiger partial charge in [-0.15, -0.1) is 0 Å². The predicted octanol–water partition coefficient (Wildman–Crippen LogP) is 3.41. The van der Waals surface area contributed by atoms with E-state index >= 15 is 0 Å². The number of rotatable bonds is 5. The number of hydrogen-bond donors (Lipinski definition) is 1. The minimum atomic E-state index is 0.409. The lowest BCUT2D eigenvalue weighted by molar-refractivity contribution is 0.249. The number of nitrogens with one attached hydrogen (secondary N) is 1. The monoisotopic (exact) mass is 370 g/mol. The largest absolute Gasteiger partial charge is 0.354 e. The highest BCUT2D eigenvalue weighted by Gasteiger charge is 2.17. The molecule has 1 aliphatic heterocycles. The van der Waals surface area contributed by atoms with E-state index in [4.69, 9.17) is 5.26 Å². The van der Waals surface area contributed by atoms with E-state index in [9.17, 15) is 0 Å². The fourth-order valence-corrected chi connectivity index (χ4v) is 3.34. The second-order valence-electron chi connectivity index (χ2n) is 6.79. The van der Waals surface area contributed by atoms with Crippen LogP contribution < -0.4 is 10.2 Å². The van der Waals surface area contributed by atoms with Gasteiger partial charge in [0.1, 0.15) is 23.4 Å². The molecular formula is C22H22N6. The van der Waals surface area contributed by atoms with Crippen molar-refractivity contribution in [2.75, 3.05) is 36.4 Å². The highest BCUT2D eigenvalue weighted by molar-refractivity contribution is 5.56. The SMILES string of the molecule is N#Cc1cccc(Nc2ccc(CN3CCN(c4ccccn4)CC3)cc2)n1. The second-order valence-corrected chi connectivity index (χ2v) is 6.79. The Bertz CT molecular complexity index is 941. The topological polar surface area (TPSA) is 68.1 Å². The van der Waals surface area contributed by atoms with Gasteiger partial charge in [-0.05, 0) is 42.0 Å². The summed E-state index contributed by atoms with van der Waals surface area (Å²) in [5, 5.41) is 12.2. The molecule has 0 amide bonds. The molecule has 6 nitrogen and oxygen atoms in total. The van der Waals surface area contributed by atoms with Gasteiger partial charge in [0.2, 0.25) is 0 Å². The summed E-state index contributed by atoms with van der Waals surface area (Å²) in [5.74, 6) is 1.74. The molecule has 1 N–H and O–H groups in total. The maximum Gasteiger partial charge on any atom is 0.142 e. The Hall–Kier alpha value is -3.43. The normalized spacial score (nSPS) is 14.5. The summed E-state index contributed by atoms with van der Waals surface area (Å²) in [5.41, 5.74) is 2.66. The van der Waals surface area contributed by atoms with E-state index < -0.39 is 0 Å². The van der Waals surface area contributed by atoms with Gasteiger partial charge in [-0.3, -0.25) is 4.90 Å². The van der Waals surface area contributed by atoms with E-state index in [1.165, 1.54) is 5.56 Å². The van der Waals surface area contributed by atoms with Crippen LogP contribution in [0.25, 0.3) is 0 Å². The summed E-state index contributed by atoms with van der Waals surface area (Å²) in [7, 11) is 0. The molecule has 1 aromatic carbocycles. The van der Waals surface area contributed by atoms with Crippen molar-refractivity contribution in [3.05, 3.63) is 78.1 Å². The van der Waals surface area contributed by atoms with E-state index in [-0.39, 0.29) is 0 Å². The third kappa shape index (κ3) is 4.45. The molecule has 4 rings (SSSR count). The van der Waals surface area contributed by atoms with Crippen molar-refractivity contribution in [3.8, 4) is 6.07 Å². The zero-order valence-corrected chi connectivity index (χ0v) is 15.6. The lowest BCUT2D eigenvalue weighted by Gasteiger charge is -2.35. The number of piperazine rings is 1. The Morgan fingerprint density at radius 2 is 1.75 bits per heavy atom. The van der Waals surface area contributed by atoms with Crippen molar-refractivity contribution >= 4 is 17.3 Å². The van der Waals surface area contributed by atoms with Gasteiger partial charge in [0, 0.05) is 44.6 Å². The molecular weight excluding hydrogens is 348 g/mol. The standard InChI is InChI=1S/C22H22N6/c23-16-20-4-3-5-21(26-20)25-19-9-7-18(8-10-19)17-27-12-14-28(15-13-27)22-6-1-2-11-24-22/h1-11H,12-15,17H2,(H,25,26). The number of benzene rings is 1. The van der Waals surface area contributed by atoms with Gasteiger partial charge in [-0.1, -0.05) is 24.3 Å². The first-order valence-corrected chi connectivity index (χ1v) is 9.41. The Balaban J connectivity index is 1.31. The lowest BCUT2D eigenvalue weighted by atomic mass is 10.1. The van der Waals surface area contributed by atoms with Crippen LogP contribution >= 0.6 is 0 Å². The van der Waals surface area contributed by atoms with E-state index in [1.807, 2.05) is 30.5 Å². The second kappa shape index (κ2) is 8.51. The molecule has 2 aromatic heterocycles. The first-order chi connectivity index (χ1) is 13.8. The molecule has 0 bridgehead atoms. The number of anilines is 3. The molecule has 3 heterocycles. The predicted molar refractivity (Wildman–Crippen MR) is 110 cm³/mol. The average molecular weight is 370 g/mol. The van der Waals surface area contributed by atoms with Crippen molar-refractivity contribution in [2.24, 2.45) is 0 Å². The molecule has 0 spiro atoms. The Labute approximate surface area is 165 Å². The molecule has 140 valence electrons. The molecule has 6 heteroatoms. The van der Waals surface area contributed by atoms with Gasteiger partial charge < -0.3 is 10.2 Å².